The van der Waals surface area contributed by atoms with E-state index in [1.165, 1.54) is 24.5 Å². The van der Waals surface area contributed by atoms with Gasteiger partial charge in [0.2, 0.25) is 0 Å². The standard InChI is InChI=1S/C11H9N3O5S/c1-6-7(4-5-19-6)10(15)12-13-11(16)8-2-3-9(20-8)14(17)18/h2-5H,1H3,(H,12,15)(H,13,16). The molecule has 0 aliphatic carbocycles. The van der Waals surface area contributed by atoms with E-state index in [2.05, 4.69) is 10.9 Å². The normalized spacial score (nSPS) is 10.1. The fourth-order valence-corrected chi connectivity index (χ4v) is 2.13. The third-order valence-corrected chi connectivity index (χ3v) is 3.42. The van der Waals surface area contributed by atoms with Gasteiger partial charge in [-0.25, -0.2) is 0 Å². The molecule has 0 fully saturated rings. The van der Waals surface area contributed by atoms with E-state index in [4.69, 9.17) is 4.42 Å². The fourth-order valence-electron chi connectivity index (χ4n) is 1.41. The number of aryl methyl sites for hydroxylation is 1. The van der Waals surface area contributed by atoms with E-state index < -0.39 is 16.7 Å². The first-order valence-corrected chi connectivity index (χ1v) is 6.19. The lowest BCUT2D eigenvalue weighted by Crippen LogP contribution is -2.41. The summed E-state index contributed by atoms with van der Waals surface area (Å²) in [5.41, 5.74) is 4.67. The highest BCUT2D eigenvalue weighted by Gasteiger charge is 2.17. The maximum atomic E-state index is 11.7. The molecule has 0 atom stereocenters. The molecule has 2 aromatic rings. The van der Waals surface area contributed by atoms with Gasteiger partial charge in [-0.3, -0.25) is 30.6 Å². The zero-order valence-corrected chi connectivity index (χ0v) is 11.0. The minimum Gasteiger partial charge on any atom is -0.469 e. The average Bonchev–Trinajstić information content (AvgIpc) is 3.04. The van der Waals surface area contributed by atoms with Crippen LogP contribution in [0.4, 0.5) is 5.00 Å². The molecule has 0 aliphatic heterocycles. The first-order chi connectivity index (χ1) is 9.49. The molecule has 20 heavy (non-hydrogen) atoms. The summed E-state index contributed by atoms with van der Waals surface area (Å²) in [5.74, 6) is -0.739. The second-order valence-corrected chi connectivity index (χ2v) is 4.76. The number of carbonyl (C=O) groups is 2. The first kappa shape index (κ1) is 13.7. The Labute approximate surface area is 116 Å². The van der Waals surface area contributed by atoms with Gasteiger partial charge in [-0.15, -0.1) is 0 Å². The summed E-state index contributed by atoms with van der Waals surface area (Å²) in [6.45, 7) is 1.61. The van der Waals surface area contributed by atoms with Gasteiger partial charge in [0, 0.05) is 6.07 Å². The highest BCUT2D eigenvalue weighted by Crippen LogP contribution is 2.23. The molecule has 0 aromatic carbocycles. The minimum atomic E-state index is -0.627. The van der Waals surface area contributed by atoms with Gasteiger partial charge in [0.1, 0.15) is 10.6 Å². The molecule has 2 aromatic heterocycles. The zero-order valence-electron chi connectivity index (χ0n) is 10.2. The second-order valence-electron chi connectivity index (χ2n) is 3.69. The molecule has 2 heterocycles. The number of nitrogens with zero attached hydrogens (tertiary/aromatic N) is 1. The Morgan fingerprint density at radius 1 is 1.25 bits per heavy atom. The molecular weight excluding hydrogens is 286 g/mol. The van der Waals surface area contributed by atoms with Crippen LogP contribution in [0, 0.1) is 17.0 Å². The molecule has 0 radical (unpaired) electrons. The van der Waals surface area contributed by atoms with E-state index in [9.17, 15) is 19.7 Å². The van der Waals surface area contributed by atoms with Gasteiger partial charge in [0.05, 0.1) is 16.7 Å². The van der Waals surface area contributed by atoms with Crippen LogP contribution >= 0.6 is 11.3 Å². The Hall–Kier alpha value is -2.68. The number of hydrogen-bond donors (Lipinski definition) is 2. The van der Waals surface area contributed by atoms with Crippen molar-refractivity contribution in [2.75, 3.05) is 0 Å². The monoisotopic (exact) mass is 295 g/mol. The predicted molar refractivity (Wildman–Crippen MR) is 69.4 cm³/mol. The van der Waals surface area contributed by atoms with Crippen molar-refractivity contribution in [3.05, 3.63) is 50.8 Å². The quantitative estimate of drug-likeness (QED) is 0.659. The summed E-state index contributed by atoms with van der Waals surface area (Å²) in [6.07, 6.45) is 1.36. The Kier molecular flexibility index (Phi) is 3.80. The molecule has 8 nitrogen and oxygen atoms in total. The number of nitro groups is 1. The van der Waals surface area contributed by atoms with Crippen molar-refractivity contribution >= 4 is 28.2 Å². The summed E-state index contributed by atoms with van der Waals surface area (Å²) < 4.78 is 4.96. The minimum absolute atomic E-state index is 0.126. The third-order valence-electron chi connectivity index (χ3n) is 2.39. The summed E-state index contributed by atoms with van der Waals surface area (Å²) in [6, 6.07) is 4.00. The van der Waals surface area contributed by atoms with E-state index in [1.54, 1.807) is 6.92 Å². The number of nitrogens with one attached hydrogen (secondary N) is 2. The number of hydrazine groups is 1. The predicted octanol–water partition coefficient (Wildman–Crippen LogP) is 1.63. The molecule has 2 rings (SSSR count). The van der Waals surface area contributed by atoms with Gasteiger partial charge in [0.25, 0.3) is 11.8 Å². The third kappa shape index (κ3) is 2.83. The van der Waals surface area contributed by atoms with Gasteiger partial charge >= 0.3 is 5.00 Å². The summed E-state index contributed by atoms with van der Waals surface area (Å²) in [7, 11) is 0. The molecular formula is C11H9N3O5S. The summed E-state index contributed by atoms with van der Waals surface area (Å²) >= 11 is 0.720. The molecule has 0 saturated carbocycles. The molecule has 9 heteroatoms. The van der Waals surface area contributed by atoms with Crippen LogP contribution in [0.2, 0.25) is 0 Å². The summed E-state index contributed by atoms with van der Waals surface area (Å²) in [5, 5.41) is 10.4. The Morgan fingerprint density at radius 3 is 2.50 bits per heavy atom. The van der Waals surface area contributed by atoms with Crippen LogP contribution in [-0.2, 0) is 0 Å². The molecule has 104 valence electrons. The zero-order chi connectivity index (χ0) is 14.7. The van der Waals surface area contributed by atoms with Crippen molar-refractivity contribution in [3.63, 3.8) is 0 Å². The molecule has 0 aliphatic rings. The van der Waals surface area contributed by atoms with Crippen LogP contribution in [0.25, 0.3) is 0 Å². The number of thiophene rings is 1. The maximum Gasteiger partial charge on any atom is 0.324 e. The highest BCUT2D eigenvalue weighted by molar-refractivity contribution is 7.17. The molecule has 0 saturated heterocycles. The second kappa shape index (κ2) is 5.53. The SMILES string of the molecule is Cc1occc1C(=O)NNC(=O)c1ccc([N+](=O)[O-])s1. The van der Waals surface area contributed by atoms with E-state index in [0.717, 1.165) is 11.3 Å². The van der Waals surface area contributed by atoms with Crippen molar-refractivity contribution in [1.82, 2.24) is 10.9 Å². The van der Waals surface area contributed by atoms with Crippen LogP contribution in [0.3, 0.4) is 0 Å². The average molecular weight is 295 g/mol. The van der Waals surface area contributed by atoms with Crippen molar-refractivity contribution in [1.29, 1.82) is 0 Å². The largest absolute Gasteiger partial charge is 0.469 e. The topological polar surface area (TPSA) is 114 Å². The van der Waals surface area contributed by atoms with Crippen LogP contribution in [0.15, 0.2) is 28.9 Å². The number of carbonyl (C=O) groups excluding carboxylic acids is 2. The van der Waals surface area contributed by atoms with Crippen LogP contribution in [-0.4, -0.2) is 16.7 Å². The molecule has 2 amide bonds. The highest BCUT2D eigenvalue weighted by atomic mass is 32.1. The Morgan fingerprint density at radius 2 is 1.95 bits per heavy atom. The lowest BCUT2D eigenvalue weighted by molar-refractivity contribution is -0.380. The Balaban J connectivity index is 1.96. The van der Waals surface area contributed by atoms with Crippen molar-refractivity contribution in [2.24, 2.45) is 0 Å². The van der Waals surface area contributed by atoms with Gasteiger partial charge in [-0.1, -0.05) is 11.3 Å². The van der Waals surface area contributed by atoms with Gasteiger partial charge in [0.15, 0.2) is 0 Å². The Bertz CT molecular complexity index is 675. The van der Waals surface area contributed by atoms with Gasteiger partial charge in [-0.2, -0.15) is 0 Å². The lowest BCUT2D eigenvalue weighted by atomic mass is 10.2. The molecule has 0 bridgehead atoms. The fraction of sp³-hybridized carbons (Fsp3) is 0.0909. The first-order valence-electron chi connectivity index (χ1n) is 5.38. The van der Waals surface area contributed by atoms with E-state index in [0.29, 0.717) is 11.3 Å². The van der Waals surface area contributed by atoms with Crippen molar-refractivity contribution in [3.8, 4) is 0 Å². The molecule has 2 N–H and O–H groups in total. The molecule has 0 spiro atoms. The number of rotatable bonds is 3. The maximum absolute atomic E-state index is 11.7. The number of hydrogen-bond acceptors (Lipinski definition) is 6. The van der Waals surface area contributed by atoms with Crippen molar-refractivity contribution in [2.45, 2.75) is 6.92 Å². The lowest BCUT2D eigenvalue weighted by Gasteiger charge is -2.04. The van der Waals surface area contributed by atoms with Crippen molar-refractivity contribution < 1.29 is 18.9 Å². The van der Waals surface area contributed by atoms with E-state index in [1.807, 2.05) is 0 Å². The van der Waals surface area contributed by atoms with Gasteiger partial charge < -0.3 is 4.42 Å². The van der Waals surface area contributed by atoms with Crippen LogP contribution in [0.5, 0.6) is 0 Å². The van der Waals surface area contributed by atoms with Crippen LogP contribution < -0.4 is 10.9 Å². The van der Waals surface area contributed by atoms with Gasteiger partial charge in [-0.05, 0) is 19.1 Å². The summed E-state index contributed by atoms with van der Waals surface area (Å²) in [4.78, 5) is 33.4. The van der Waals surface area contributed by atoms with E-state index in [-0.39, 0.29) is 9.88 Å². The number of furan rings is 1. The molecule has 0 unspecified atom stereocenters. The smallest absolute Gasteiger partial charge is 0.324 e. The van der Waals surface area contributed by atoms with E-state index >= 15 is 0 Å². The number of amides is 2. The van der Waals surface area contributed by atoms with Crippen LogP contribution in [0.1, 0.15) is 25.8 Å².